The molecule has 2 aromatic rings. The zero-order valence-electron chi connectivity index (χ0n) is 13.1. The van der Waals surface area contributed by atoms with Crippen LogP contribution in [0.15, 0.2) is 30.6 Å². The van der Waals surface area contributed by atoms with E-state index < -0.39 is 0 Å². The summed E-state index contributed by atoms with van der Waals surface area (Å²) in [6.45, 7) is 3.43. The van der Waals surface area contributed by atoms with Crippen molar-refractivity contribution in [2.45, 2.75) is 25.7 Å². The number of carbonyl (C=O) groups excluding carboxylic acids is 1. The molecular formula is C17H20ClN3O2. The molecule has 0 radical (unpaired) electrons. The van der Waals surface area contributed by atoms with Gasteiger partial charge in [-0.2, -0.15) is 0 Å². The number of halogens is 1. The minimum atomic E-state index is 0.00982. The SMILES string of the molecule is Cc1cc(Cl)ccc1OCC(=O)N1CCC[C@H](c2ncc[nH]2)C1. The number of hydrogen-bond donors (Lipinski definition) is 1. The van der Waals surface area contributed by atoms with Crippen molar-refractivity contribution in [1.82, 2.24) is 14.9 Å². The number of aromatic amines is 1. The fraction of sp³-hybridized carbons (Fsp3) is 0.412. The Kier molecular flexibility index (Phi) is 4.86. The molecule has 0 bridgehead atoms. The molecule has 1 N–H and O–H groups in total. The first-order valence-electron chi connectivity index (χ1n) is 7.79. The standard InChI is InChI=1S/C17H20ClN3O2/c1-12-9-14(18)4-5-15(12)23-11-16(22)21-8-2-3-13(10-21)17-19-6-7-20-17/h4-7,9,13H,2-3,8,10-11H2,1H3,(H,19,20)/t13-/m0/s1. The molecule has 1 aliphatic rings. The molecule has 1 fully saturated rings. The van der Waals surface area contributed by atoms with Gasteiger partial charge < -0.3 is 14.6 Å². The maximum atomic E-state index is 12.4. The third-order valence-electron chi connectivity index (χ3n) is 4.17. The first-order chi connectivity index (χ1) is 11.1. The van der Waals surface area contributed by atoms with E-state index in [9.17, 15) is 4.79 Å². The number of hydrogen-bond acceptors (Lipinski definition) is 3. The maximum absolute atomic E-state index is 12.4. The van der Waals surface area contributed by atoms with Gasteiger partial charge >= 0.3 is 0 Å². The van der Waals surface area contributed by atoms with Gasteiger partial charge in [-0.3, -0.25) is 4.79 Å². The number of benzene rings is 1. The molecule has 1 amide bonds. The second-order valence-corrected chi connectivity index (χ2v) is 6.29. The zero-order chi connectivity index (χ0) is 16.2. The van der Waals surface area contributed by atoms with Crippen LogP contribution in [-0.2, 0) is 4.79 Å². The van der Waals surface area contributed by atoms with Crippen LogP contribution in [0.5, 0.6) is 5.75 Å². The Bertz CT molecular complexity index is 672. The Morgan fingerprint density at radius 1 is 1.52 bits per heavy atom. The average Bonchev–Trinajstić information content (AvgIpc) is 3.08. The quantitative estimate of drug-likeness (QED) is 0.935. The largest absolute Gasteiger partial charge is 0.483 e. The van der Waals surface area contributed by atoms with Crippen LogP contribution in [0.25, 0.3) is 0 Å². The van der Waals surface area contributed by atoms with Crippen LogP contribution in [-0.4, -0.2) is 40.5 Å². The van der Waals surface area contributed by atoms with E-state index in [1.165, 1.54) is 0 Å². The molecule has 3 rings (SSSR count). The summed E-state index contributed by atoms with van der Waals surface area (Å²) in [6.07, 6.45) is 5.61. The molecule has 122 valence electrons. The van der Waals surface area contributed by atoms with E-state index in [1.54, 1.807) is 18.3 Å². The number of piperidine rings is 1. The Morgan fingerprint density at radius 2 is 2.39 bits per heavy atom. The van der Waals surface area contributed by atoms with Gasteiger partial charge in [0.2, 0.25) is 0 Å². The van der Waals surface area contributed by atoms with E-state index >= 15 is 0 Å². The lowest BCUT2D eigenvalue weighted by molar-refractivity contribution is -0.134. The second-order valence-electron chi connectivity index (χ2n) is 5.85. The molecular weight excluding hydrogens is 314 g/mol. The van der Waals surface area contributed by atoms with E-state index in [4.69, 9.17) is 16.3 Å². The predicted octanol–water partition coefficient (Wildman–Crippen LogP) is 3.16. The van der Waals surface area contributed by atoms with E-state index in [0.29, 0.717) is 17.3 Å². The number of nitrogens with one attached hydrogen (secondary N) is 1. The van der Waals surface area contributed by atoms with Crippen molar-refractivity contribution in [2.24, 2.45) is 0 Å². The number of aryl methyl sites for hydroxylation is 1. The molecule has 1 aromatic heterocycles. The number of H-pyrrole nitrogens is 1. The van der Waals surface area contributed by atoms with Crippen LogP contribution in [0.1, 0.15) is 30.1 Å². The maximum Gasteiger partial charge on any atom is 0.260 e. The third-order valence-corrected chi connectivity index (χ3v) is 4.40. The molecule has 2 heterocycles. The molecule has 23 heavy (non-hydrogen) atoms. The van der Waals surface area contributed by atoms with E-state index in [-0.39, 0.29) is 18.4 Å². The van der Waals surface area contributed by atoms with Crippen molar-refractivity contribution in [3.8, 4) is 5.75 Å². The number of likely N-dealkylation sites (tertiary alicyclic amines) is 1. The first kappa shape index (κ1) is 15.9. The molecule has 1 saturated heterocycles. The van der Waals surface area contributed by atoms with Crippen molar-refractivity contribution >= 4 is 17.5 Å². The normalized spacial score (nSPS) is 18.0. The zero-order valence-corrected chi connectivity index (χ0v) is 13.8. The van der Waals surface area contributed by atoms with Crippen LogP contribution in [0, 0.1) is 6.92 Å². The topological polar surface area (TPSA) is 58.2 Å². The van der Waals surface area contributed by atoms with Gasteiger partial charge in [-0.15, -0.1) is 0 Å². The molecule has 1 aliphatic heterocycles. The fourth-order valence-electron chi connectivity index (χ4n) is 2.93. The molecule has 0 unspecified atom stereocenters. The van der Waals surface area contributed by atoms with Gasteiger partial charge in [0.25, 0.3) is 5.91 Å². The molecule has 1 aromatic carbocycles. The van der Waals surface area contributed by atoms with Crippen molar-refractivity contribution < 1.29 is 9.53 Å². The lowest BCUT2D eigenvalue weighted by atomic mass is 9.97. The van der Waals surface area contributed by atoms with E-state index in [2.05, 4.69) is 9.97 Å². The van der Waals surface area contributed by atoms with Gasteiger partial charge in [0, 0.05) is 36.4 Å². The van der Waals surface area contributed by atoms with Crippen LogP contribution in [0.3, 0.4) is 0 Å². The summed E-state index contributed by atoms with van der Waals surface area (Å²) in [5.74, 6) is 1.94. The number of imidazole rings is 1. The Hall–Kier alpha value is -2.01. The highest BCUT2D eigenvalue weighted by Crippen LogP contribution is 2.25. The van der Waals surface area contributed by atoms with Crippen LogP contribution < -0.4 is 4.74 Å². The number of aromatic nitrogens is 2. The summed E-state index contributed by atoms with van der Waals surface area (Å²) in [5.41, 5.74) is 0.928. The lowest BCUT2D eigenvalue weighted by Gasteiger charge is -2.31. The van der Waals surface area contributed by atoms with Gasteiger partial charge in [-0.05, 0) is 43.5 Å². The Balaban J connectivity index is 1.57. The van der Waals surface area contributed by atoms with Crippen LogP contribution in [0.4, 0.5) is 0 Å². The summed E-state index contributed by atoms with van der Waals surface area (Å²) in [7, 11) is 0. The monoisotopic (exact) mass is 333 g/mol. The molecule has 1 atom stereocenters. The number of amides is 1. The van der Waals surface area contributed by atoms with Crippen molar-refractivity contribution in [2.75, 3.05) is 19.7 Å². The highest BCUT2D eigenvalue weighted by molar-refractivity contribution is 6.30. The summed E-state index contributed by atoms with van der Waals surface area (Å²) >= 11 is 5.93. The molecule has 0 aliphatic carbocycles. The van der Waals surface area contributed by atoms with Gasteiger partial charge in [0.1, 0.15) is 11.6 Å². The third kappa shape index (κ3) is 3.85. The van der Waals surface area contributed by atoms with Gasteiger partial charge in [0.05, 0.1) is 0 Å². The van der Waals surface area contributed by atoms with Crippen molar-refractivity contribution in [3.63, 3.8) is 0 Å². The minimum absolute atomic E-state index is 0.00982. The summed E-state index contributed by atoms with van der Waals surface area (Å²) in [4.78, 5) is 21.7. The van der Waals surface area contributed by atoms with Crippen molar-refractivity contribution in [3.05, 3.63) is 47.0 Å². The number of rotatable bonds is 4. The molecule has 5 nitrogen and oxygen atoms in total. The highest BCUT2D eigenvalue weighted by Gasteiger charge is 2.26. The molecule has 0 saturated carbocycles. The summed E-state index contributed by atoms with van der Waals surface area (Å²) in [5, 5.41) is 0.665. The first-order valence-corrected chi connectivity index (χ1v) is 8.17. The fourth-order valence-corrected chi connectivity index (χ4v) is 3.16. The predicted molar refractivity (Wildman–Crippen MR) is 88.8 cm³/mol. The number of ether oxygens (including phenoxy) is 1. The van der Waals surface area contributed by atoms with Crippen molar-refractivity contribution in [1.29, 1.82) is 0 Å². The van der Waals surface area contributed by atoms with Gasteiger partial charge in [0.15, 0.2) is 6.61 Å². The average molecular weight is 334 g/mol. The van der Waals surface area contributed by atoms with E-state index in [0.717, 1.165) is 30.8 Å². The summed E-state index contributed by atoms with van der Waals surface area (Å²) in [6, 6.07) is 5.39. The highest BCUT2D eigenvalue weighted by atomic mass is 35.5. The smallest absolute Gasteiger partial charge is 0.260 e. The molecule has 6 heteroatoms. The van der Waals surface area contributed by atoms with E-state index in [1.807, 2.05) is 24.1 Å². The van der Waals surface area contributed by atoms with Crippen LogP contribution >= 0.6 is 11.6 Å². The minimum Gasteiger partial charge on any atom is -0.483 e. The second kappa shape index (κ2) is 7.04. The number of carbonyl (C=O) groups is 1. The number of nitrogens with zero attached hydrogens (tertiary/aromatic N) is 2. The Morgan fingerprint density at radius 3 is 3.13 bits per heavy atom. The lowest BCUT2D eigenvalue weighted by Crippen LogP contribution is -2.41. The Labute approximate surface area is 140 Å². The molecule has 0 spiro atoms. The van der Waals surface area contributed by atoms with Gasteiger partial charge in [-0.25, -0.2) is 4.98 Å². The summed E-state index contributed by atoms with van der Waals surface area (Å²) < 4.78 is 5.66. The van der Waals surface area contributed by atoms with Gasteiger partial charge in [-0.1, -0.05) is 11.6 Å². The van der Waals surface area contributed by atoms with Crippen LogP contribution in [0.2, 0.25) is 5.02 Å².